The van der Waals surface area contributed by atoms with Gasteiger partial charge >= 0.3 is 18.0 Å². The number of para-hydroxylation sites is 1. The number of hydrogen-bond donors (Lipinski definition) is 9. The molecule has 1 aromatic rings. The molecule has 0 aliphatic carbocycles. The van der Waals surface area contributed by atoms with E-state index in [1.807, 2.05) is 6.07 Å². The maximum absolute atomic E-state index is 13.6. The van der Waals surface area contributed by atoms with Gasteiger partial charge in [0.1, 0.15) is 17.8 Å². The van der Waals surface area contributed by atoms with Gasteiger partial charge in [-0.3, -0.25) is 26.6 Å². The zero-order valence-electron chi connectivity index (χ0n) is 22.8. The maximum atomic E-state index is 13.6. The van der Waals surface area contributed by atoms with E-state index in [-0.39, 0.29) is 36.5 Å². The van der Waals surface area contributed by atoms with Gasteiger partial charge < -0.3 is 30.5 Å². The summed E-state index contributed by atoms with van der Waals surface area (Å²) in [5, 5.41) is 35.4. The summed E-state index contributed by atoms with van der Waals surface area (Å²) >= 11 is 0. The van der Waals surface area contributed by atoms with E-state index in [0.717, 1.165) is 24.8 Å². The highest BCUT2D eigenvalue weighted by molar-refractivity contribution is 5.98. The Bertz CT molecular complexity index is 1310. The van der Waals surface area contributed by atoms with Crippen molar-refractivity contribution in [1.29, 1.82) is 0 Å². The van der Waals surface area contributed by atoms with Gasteiger partial charge in [0.25, 0.3) is 17.4 Å². The van der Waals surface area contributed by atoms with E-state index in [9.17, 15) is 19.8 Å². The fourth-order valence-electron chi connectivity index (χ4n) is 6.82. The van der Waals surface area contributed by atoms with Crippen LogP contribution in [-0.2, 0) is 5.41 Å². The molecule has 40 heavy (non-hydrogen) atoms. The molecule has 14 heteroatoms. The zero-order chi connectivity index (χ0) is 28.4. The number of likely N-dealkylation sites (tertiary alicyclic amines) is 1. The van der Waals surface area contributed by atoms with Gasteiger partial charge in [0, 0.05) is 18.7 Å². The second-order valence-electron chi connectivity index (χ2n) is 12.0. The summed E-state index contributed by atoms with van der Waals surface area (Å²) in [6, 6.07) is 2.78. The number of fused-ring (bicyclic) bond motifs is 1. The summed E-state index contributed by atoms with van der Waals surface area (Å²) in [7, 11) is 0. The van der Waals surface area contributed by atoms with E-state index in [0.29, 0.717) is 31.0 Å². The predicted molar refractivity (Wildman–Crippen MR) is 143 cm³/mol. The lowest BCUT2D eigenvalue weighted by molar-refractivity contribution is -0.674. The first-order chi connectivity index (χ1) is 19.0. The summed E-state index contributed by atoms with van der Waals surface area (Å²) in [5.74, 6) is -2.24. The van der Waals surface area contributed by atoms with E-state index >= 15 is 0 Å². The third kappa shape index (κ3) is 3.84. The van der Waals surface area contributed by atoms with E-state index in [1.165, 1.54) is 0 Å². The average Bonchev–Trinajstić information content (AvgIpc) is 3.61. The van der Waals surface area contributed by atoms with Crippen LogP contribution in [0.1, 0.15) is 49.0 Å². The van der Waals surface area contributed by atoms with Crippen LogP contribution in [0.25, 0.3) is 0 Å². The summed E-state index contributed by atoms with van der Waals surface area (Å²) < 4.78 is 7.47. The summed E-state index contributed by atoms with van der Waals surface area (Å²) in [6.07, 6.45) is 2.75. The van der Waals surface area contributed by atoms with Gasteiger partial charge in [-0.2, -0.15) is 0 Å². The molecule has 1 aromatic carbocycles. The minimum absolute atomic E-state index is 0.0235. The molecule has 2 fully saturated rings. The van der Waals surface area contributed by atoms with Gasteiger partial charge in [0.15, 0.2) is 6.04 Å². The molecule has 0 aromatic heterocycles. The lowest BCUT2D eigenvalue weighted by Crippen LogP contribution is -2.92. The first-order valence-electron chi connectivity index (χ1n) is 13.8. The van der Waals surface area contributed by atoms with Crippen molar-refractivity contribution in [1.82, 2.24) is 26.2 Å². The molecule has 6 rings (SSSR count). The molecular weight excluding hydrogens is 518 g/mol. The van der Waals surface area contributed by atoms with Crippen molar-refractivity contribution in [2.45, 2.75) is 68.1 Å². The monoisotopic (exact) mass is 557 g/mol. The number of guanidine groups is 2. The Morgan fingerprint density at radius 1 is 1.25 bits per heavy atom. The van der Waals surface area contributed by atoms with Crippen LogP contribution in [0.15, 0.2) is 18.2 Å². The number of nitrogens with zero attached hydrogens (tertiary/aromatic N) is 2. The summed E-state index contributed by atoms with van der Waals surface area (Å²) in [4.78, 5) is 31.1. The van der Waals surface area contributed by atoms with E-state index < -0.39 is 35.5 Å². The molecule has 14 nitrogen and oxygen atoms in total. The molecule has 0 radical (unpaired) electrons. The van der Waals surface area contributed by atoms with Crippen molar-refractivity contribution in [2.75, 3.05) is 32.8 Å². The molecule has 2 saturated heterocycles. The first-order valence-corrected chi connectivity index (χ1v) is 13.8. The highest BCUT2D eigenvalue weighted by atomic mass is 16.5. The average molecular weight is 558 g/mol. The summed E-state index contributed by atoms with van der Waals surface area (Å²) in [5.41, 5.74) is 12.0. The molecule has 0 saturated carbocycles. The van der Waals surface area contributed by atoms with Gasteiger partial charge in [-0.05, 0) is 30.7 Å². The quantitative estimate of drug-likeness (QED) is 0.130. The highest BCUT2D eigenvalue weighted by Crippen LogP contribution is 2.41. The third-order valence-electron chi connectivity index (χ3n) is 9.08. The van der Waals surface area contributed by atoms with Crippen LogP contribution >= 0.6 is 0 Å². The number of amides is 3. The zero-order valence-corrected chi connectivity index (χ0v) is 22.8. The van der Waals surface area contributed by atoms with E-state index in [2.05, 4.69) is 40.1 Å². The lowest BCUT2D eigenvalue weighted by atomic mass is 9.79. The molecule has 1 unspecified atom stereocenters. The van der Waals surface area contributed by atoms with Gasteiger partial charge in [-0.15, -0.1) is 0 Å². The van der Waals surface area contributed by atoms with Crippen molar-refractivity contribution in [3.63, 3.8) is 0 Å². The van der Waals surface area contributed by atoms with Crippen molar-refractivity contribution in [3.8, 4) is 5.75 Å². The first kappa shape index (κ1) is 26.4. The van der Waals surface area contributed by atoms with Crippen LogP contribution in [0.3, 0.4) is 0 Å². The standard InChI is InChI=1S/C26H37N9O5/c1-24(2)8-11-40-18-14(6-5-7-15(18)24)20(36)31-17-13-35-22(28)30-16(12-29-23(37)34-9-3-4-10-34)19-25(35,26(17,38)39)33-21(27)32-19/h5-7,16-17,19,38-39H,3-4,8-13H2,1-2H3,(H7,27,28,29,30,31,32,33,36,37)/p+2/t16-,17?,19-,25-/m0/s1. The number of carbonyl (C=O) groups excluding carboxylic acids is 2. The molecule has 5 heterocycles. The van der Waals surface area contributed by atoms with Crippen molar-refractivity contribution in [3.05, 3.63) is 29.3 Å². The Morgan fingerprint density at radius 2 is 2.00 bits per heavy atom. The fraction of sp³-hybridized carbons (Fsp3) is 0.615. The molecule has 1 spiro atoms. The second-order valence-corrected chi connectivity index (χ2v) is 12.0. The number of urea groups is 1. The summed E-state index contributed by atoms with van der Waals surface area (Å²) in [6.45, 7) is 6.21. The molecule has 0 bridgehead atoms. The second kappa shape index (κ2) is 9.13. The van der Waals surface area contributed by atoms with Gasteiger partial charge in [0.2, 0.25) is 0 Å². The molecule has 3 amide bonds. The van der Waals surface area contributed by atoms with Crippen LogP contribution < -0.4 is 42.5 Å². The van der Waals surface area contributed by atoms with Crippen LogP contribution in [0.5, 0.6) is 5.75 Å². The minimum Gasteiger partial charge on any atom is -0.492 e. The van der Waals surface area contributed by atoms with Crippen molar-refractivity contribution in [2.24, 2.45) is 11.5 Å². The smallest absolute Gasteiger partial charge is 0.347 e. The van der Waals surface area contributed by atoms with Crippen LogP contribution in [0.2, 0.25) is 0 Å². The number of rotatable bonds is 4. The van der Waals surface area contributed by atoms with Crippen LogP contribution in [0, 0.1) is 0 Å². The lowest BCUT2D eigenvalue weighted by Gasteiger charge is -2.41. The van der Waals surface area contributed by atoms with E-state index in [4.69, 9.17) is 16.2 Å². The normalized spacial score (nSPS) is 31.1. The van der Waals surface area contributed by atoms with E-state index in [1.54, 1.807) is 21.6 Å². The SMILES string of the molecule is CC1(C)CCOc2c(C(=O)NC3C[N+]4=C(N)N[C@@H](CNC(=O)N5CCCC5)[C@@H]5[NH+]=C(N)N[C@@]54C3(O)O)cccc21. The third-order valence-corrected chi connectivity index (χ3v) is 9.08. The number of nitrogens with two attached hydrogens (primary N) is 2. The number of benzene rings is 1. The van der Waals surface area contributed by atoms with Crippen molar-refractivity contribution >= 4 is 23.9 Å². The molecule has 11 N–H and O–H groups in total. The van der Waals surface area contributed by atoms with Gasteiger partial charge in [-0.25, -0.2) is 14.7 Å². The molecular formula is C26H39N9O5+2. The number of nitrogens with one attached hydrogen (secondary N) is 5. The molecule has 4 atom stereocenters. The highest BCUT2D eigenvalue weighted by Gasteiger charge is 2.78. The Balaban J connectivity index is 1.26. The molecule has 5 aliphatic rings. The van der Waals surface area contributed by atoms with Crippen LogP contribution in [0.4, 0.5) is 4.79 Å². The minimum atomic E-state index is -2.53. The van der Waals surface area contributed by atoms with Gasteiger partial charge in [0.05, 0.1) is 25.3 Å². The topological polar surface area (TPSA) is 204 Å². The Labute approximate surface area is 231 Å². The Hall–Kier alpha value is -3.78. The number of hydrogen-bond acceptors (Lipinski definition) is 9. The largest absolute Gasteiger partial charge is 0.492 e. The Morgan fingerprint density at radius 3 is 2.75 bits per heavy atom. The molecule has 5 aliphatic heterocycles. The number of ether oxygens (including phenoxy) is 1. The number of aliphatic hydroxyl groups is 2. The van der Waals surface area contributed by atoms with Gasteiger partial charge in [-0.1, -0.05) is 26.0 Å². The predicted octanol–water partition coefficient (Wildman–Crippen LogP) is -4.29. The maximum Gasteiger partial charge on any atom is 0.347 e. The van der Waals surface area contributed by atoms with Crippen LogP contribution in [-0.4, -0.2) is 106 Å². The fourth-order valence-corrected chi connectivity index (χ4v) is 6.82. The Kier molecular flexibility index (Phi) is 6.03. The van der Waals surface area contributed by atoms with Crippen molar-refractivity contribution < 1.29 is 34.1 Å². The number of carbonyl (C=O) groups is 2. The molecule has 216 valence electrons.